The van der Waals surface area contributed by atoms with Crippen molar-refractivity contribution >= 4 is 23.2 Å². The summed E-state index contributed by atoms with van der Waals surface area (Å²) in [6.07, 6.45) is 0. The summed E-state index contributed by atoms with van der Waals surface area (Å²) in [6.45, 7) is 1.47. The van der Waals surface area contributed by atoms with Gasteiger partial charge in [0.2, 0.25) is 5.91 Å². The zero-order valence-electron chi connectivity index (χ0n) is 15.0. The Labute approximate surface area is 156 Å². The summed E-state index contributed by atoms with van der Waals surface area (Å²) < 4.78 is 5.32. The van der Waals surface area contributed by atoms with E-state index in [-0.39, 0.29) is 36.5 Å². The molecule has 0 fully saturated rings. The molecule has 1 heterocycles. The Balaban J connectivity index is 1.82. The number of hydrogen-bond acceptors (Lipinski definition) is 5. The van der Waals surface area contributed by atoms with Crippen LogP contribution in [-0.4, -0.2) is 41.8 Å². The number of non-ortho nitro benzene ring substituents is 1. The highest BCUT2D eigenvalue weighted by atomic mass is 16.6. The van der Waals surface area contributed by atoms with E-state index in [0.717, 1.165) is 5.56 Å². The molecule has 8 heteroatoms. The monoisotopic (exact) mass is 369 g/mol. The number of fused-ring (bicyclic) bond motifs is 1. The fraction of sp³-hybridized carbons (Fsp3) is 0.263. The molecule has 0 bridgehead atoms. The summed E-state index contributed by atoms with van der Waals surface area (Å²) in [5.41, 5.74) is 1.03. The van der Waals surface area contributed by atoms with Crippen molar-refractivity contribution < 1.29 is 19.2 Å². The Bertz CT molecular complexity index is 884. The highest BCUT2D eigenvalue weighted by Crippen LogP contribution is 2.35. The van der Waals surface area contributed by atoms with E-state index in [0.29, 0.717) is 5.75 Å². The molecule has 1 unspecified atom stereocenters. The number of nitro groups is 1. The molecule has 8 nitrogen and oxygen atoms in total. The van der Waals surface area contributed by atoms with Gasteiger partial charge in [0.05, 0.1) is 16.7 Å². The standard InChI is InChI=1S/C19H19N3O5/c1-13(14-6-4-3-5-7-14)20(2)18(23)11-21-16-10-15(22(25)26)8-9-17(16)27-12-19(21)24/h3-10,13H,11-12H2,1-2H3. The zero-order chi connectivity index (χ0) is 19.6. The number of amides is 2. The van der Waals surface area contributed by atoms with Gasteiger partial charge in [0.25, 0.3) is 11.6 Å². The van der Waals surface area contributed by atoms with Crippen LogP contribution in [0.5, 0.6) is 5.75 Å². The minimum Gasteiger partial charge on any atom is -0.482 e. The van der Waals surface area contributed by atoms with E-state index in [4.69, 9.17) is 4.74 Å². The van der Waals surface area contributed by atoms with Crippen molar-refractivity contribution in [3.63, 3.8) is 0 Å². The van der Waals surface area contributed by atoms with E-state index in [1.54, 1.807) is 11.9 Å². The van der Waals surface area contributed by atoms with Crippen molar-refractivity contribution in [2.24, 2.45) is 0 Å². The minimum absolute atomic E-state index is 0.171. The molecule has 2 aromatic rings. The van der Waals surface area contributed by atoms with Gasteiger partial charge in [-0.15, -0.1) is 0 Å². The first-order valence-electron chi connectivity index (χ1n) is 8.40. The number of benzene rings is 2. The number of nitro benzene ring substituents is 1. The average molecular weight is 369 g/mol. The Kier molecular flexibility index (Phi) is 5.07. The Morgan fingerprint density at radius 2 is 2.00 bits per heavy atom. The van der Waals surface area contributed by atoms with Crippen LogP contribution in [0.3, 0.4) is 0 Å². The zero-order valence-corrected chi connectivity index (χ0v) is 15.0. The fourth-order valence-corrected chi connectivity index (χ4v) is 2.90. The van der Waals surface area contributed by atoms with Crippen molar-refractivity contribution in [1.82, 2.24) is 4.90 Å². The molecule has 140 valence electrons. The van der Waals surface area contributed by atoms with E-state index in [1.165, 1.54) is 23.1 Å². The van der Waals surface area contributed by atoms with Crippen LogP contribution in [-0.2, 0) is 9.59 Å². The molecule has 0 N–H and O–H groups in total. The van der Waals surface area contributed by atoms with Crippen LogP contribution in [0.2, 0.25) is 0 Å². The molecule has 2 aromatic carbocycles. The van der Waals surface area contributed by atoms with Crippen molar-refractivity contribution in [1.29, 1.82) is 0 Å². The van der Waals surface area contributed by atoms with E-state index in [9.17, 15) is 19.7 Å². The highest BCUT2D eigenvalue weighted by molar-refractivity contribution is 6.02. The SMILES string of the molecule is CC(c1ccccc1)N(C)C(=O)CN1C(=O)COc2ccc([N+](=O)[O-])cc21. The third-order valence-corrected chi connectivity index (χ3v) is 4.65. The predicted octanol–water partition coefficient (Wildman–Crippen LogP) is 2.54. The number of likely N-dealkylation sites (N-methyl/N-ethyl adjacent to an activating group) is 1. The number of ether oxygens (including phenoxy) is 1. The molecular formula is C19H19N3O5. The molecule has 3 rings (SSSR count). The summed E-state index contributed by atoms with van der Waals surface area (Å²) in [6, 6.07) is 13.3. The third-order valence-electron chi connectivity index (χ3n) is 4.65. The second kappa shape index (κ2) is 7.45. The Hall–Kier alpha value is -3.42. The van der Waals surface area contributed by atoms with Gasteiger partial charge in [-0.2, -0.15) is 0 Å². The van der Waals surface area contributed by atoms with Crippen molar-refractivity contribution in [3.8, 4) is 5.75 Å². The molecule has 0 saturated carbocycles. The topological polar surface area (TPSA) is 93.0 Å². The maximum atomic E-state index is 12.8. The molecule has 1 aliphatic rings. The second-order valence-corrected chi connectivity index (χ2v) is 6.27. The normalized spacial score (nSPS) is 14.1. The summed E-state index contributed by atoms with van der Waals surface area (Å²) in [5.74, 6) is -0.358. The van der Waals surface area contributed by atoms with E-state index in [1.807, 2.05) is 37.3 Å². The predicted molar refractivity (Wildman–Crippen MR) is 98.6 cm³/mol. The molecule has 1 aliphatic heterocycles. The van der Waals surface area contributed by atoms with E-state index in [2.05, 4.69) is 0 Å². The first-order chi connectivity index (χ1) is 12.9. The maximum absolute atomic E-state index is 12.8. The second-order valence-electron chi connectivity index (χ2n) is 6.27. The smallest absolute Gasteiger partial charge is 0.271 e. The van der Waals surface area contributed by atoms with Crippen LogP contribution in [0.1, 0.15) is 18.5 Å². The molecule has 1 atom stereocenters. The number of carbonyl (C=O) groups excluding carboxylic acids is 2. The maximum Gasteiger partial charge on any atom is 0.271 e. The van der Waals surface area contributed by atoms with Crippen LogP contribution in [0.4, 0.5) is 11.4 Å². The van der Waals surface area contributed by atoms with Gasteiger partial charge in [0.1, 0.15) is 12.3 Å². The van der Waals surface area contributed by atoms with Crippen molar-refractivity contribution in [3.05, 3.63) is 64.2 Å². The van der Waals surface area contributed by atoms with Gasteiger partial charge in [0, 0.05) is 19.2 Å². The lowest BCUT2D eigenvalue weighted by Crippen LogP contribution is -2.46. The van der Waals surface area contributed by atoms with Gasteiger partial charge in [0.15, 0.2) is 6.61 Å². The van der Waals surface area contributed by atoms with E-state index < -0.39 is 10.8 Å². The molecule has 0 aliphatic carbocycles. The van der Waals surface area contributed by atoms with E-state index >= 15 is 0 Å². The Morgan fingerprint density at radius 3 is 2.67 bits per heavy atom. The molecule has 0 aromatic heterocycles. The first kappa shape index (κ1) is 18.4. The van der Waals surface area contributed by atoms with Crippen LogP contribution >= 0.6 is 0 Å². The minimum atomic E-state index is -0.553. The molecular weight excluding hydrogens is 350 g/mol. The lowest BCUT2D eigenvalue weighted by molar-refractivity contribution is -0.384. The lowest BCUT2D eigenvalue weighted by atomic mass is 10.1. The van der Waals surface area contributed by atoms with Gasteiger partial charge < -0.3 is 9.64 Å². The molecule has 0 spiro atoms. The Morgan fingerprint density at radius 1 is 1.30 bits per heavy atom. The molecule has 0 saturated heterocycles. The summed E-state index contributed by atoms with van der Waals surface area (Å²) in [4.78, 5) is 38.3. The van der Waals surface area contributed by atoms with Crippen LogP contribution < -0.4 is 9.64 Å². The molecule has 27 heavy (non-hydrogen) atoms. The number of anilines is 1. The quantitative estimate of drug-likeness (QED) is 0.596. The third kappa shape index (κ3) is 3.74. The van der Waals surface area contributed by atoms with Crippen molar-refractivity contribution in [2.75, 3.05) is 25.1 Å². The summed E-state index contributed by atoms with van der Waals surface area (Å²) in [7, 11) is 1.67. The van der Waals surface area contributed by atoms with Crippen LogP contribution in [0.25, 0.3) is 0 Å². The van der Waals surface area contributed by atoms with Crippen LogP contribution in [0.15, 0.2) is 48.5 Å². The summed E-state index contributed by atoms with van der Waals surface area (Å²) >= 11 is 0. The van der Waals surface area contributed by atoms with Gasteiger partial charge in [-0.3, -0.25) is 24.6 Å². The van der Waals surface area contributed by atoms with Gasteiger partial charge in [-0.25, -0.2) is 0 Å². The number of hydrogen-bond donors (Lipinski definition) is 0. The van der Waals surface area contributed by atoms with Gasteiger partial charge in [-0.05, 0) is 18.6 Å². The number of rotatable bonds is 5. The van der Waals surface area contributed by atoms with Gasteiger partial charge >= 0.3 is 0 Å². The summed E-state index contributed by atoms with van der Waals surface area (Å²) in [5, 5.41) is 11.0. The fourth-order valence-electron chi connectivity index (χ4n) is 2.90. The molecule has 2 amide bonds. The first-order valence-corrected chi connectivity index (χ1v) is 8.40. The highest BCUT2D eigenvalue weighted by Gasteiger charge is 2.30. The van der Waals surface area contributed by atoms with Crippen LogP contribution in [0, 0.1) is 10.1 Å². The average Bonchev–Trinajstić information content (AvgIpc) is 2.69. The van der Waals surface area contributed by atoms with Crippen molar-refractivity contribution in [2.45, 2.75) is 13.0 Å². The number of carbonyl (C=O) groups is 2. The van der Waals surface area contributed by atoms with Gasteiger partial charge in [-0.1, -0.05) is 30.3 Å². The number of nitrogens with zero attached hydrogens (tertiary/aromatic N) is 3. The largest absolute Gasteiger partial charge is 0.482 e. The molecule has 0 radical (unpaired) electrons. The lowest BCUT2D eigenvalue weighted by Gasteiger charge is -2.32.